The minimum atomic E-state index is -0.884. The Morgan fingerprint density at radius 3 is 2.71 bits per heavy atom. The molecular weight excluding hydrogens is 282 g/mol. The molecule has 1 saturated carbocycles. The number of rotatable bonds is 5. The van der Waals surface area contributed by atoms with E-state index in [1.54, 1.807) is 12.1 Å². The normalized spacial score (nSPS) is 14.7. The summed E-state index contributed by atoms with van der Waals surface area (Å²) in [7, 11) is 0. The average Bonchev–Trinajstić information content (AvgIpc) is 3.10. The minimum Gasteiger partial charge on any atom is -0.478 e. The first kappa shape index (κ1) is 12.4. The van der Waals surface area contributed by atoms with Crippen LogP contribution >= 0.6 is 15.9 Å². The number of nitrogens with zero attached hydrogens (tertiary/aromatic N) is 1. The third kappa shape index (κ3) is 2.80. The van der Waals surface area contributed by atoms with Crippen molar-refractivity contribution in [3.63, 3.8) is 0 Å². The molecular formula is C13H16BrNO2. The maximum absolute atomic E-state index is 10.9. The van der Waals surface area contributed by atoms with Gasteiger partial charge in [0.05, 0.1) is 11.3 Å². The zero-order valence-corrected chi connectivity index (χ0v) is 11.4. The van der Waals surface area contributed by atoms with E-state index in [0.29, 0.717) is 11.6 Å². The Morgan fingerprint density at radius 2 is 2.24 bits per heavy atom. The van der Waals surface area contributed by atoms with Crippen LogP contribution in [0.1, 0.15) is 36.5 Å². The zero-order chi connectivity index (χ0) is 12.4. The highest BCUT2D eigenvalue weighted by atomic mass is 79.9. The summed E-state index contributed by atoms with van der Waals surface area (Å²) < 4.78 is 0.873. The van der Waals surface area contributed by atoms with Gasteiger partial charge in [-0.2, -0.15) is 0 Å². The molecule has 17 heavy (non-hydrogen) atoms. The smallest absolute Gasteiger partial charge is 0.335 e. The molecule has 0 atom stereocenters. The molecule has 0 aromatic heterocycles. The highest BCUT2D eigenvalue weighted by molar-refractivity contribution is 9.10. The summed E-state index contributed by atoms with van der Waals surface area (Å²) in [4.78, 5) is 13.2. The van der Waals surface area contributed by atoms with Crippen LogP contribution in [0.2, 0.25) is 0 Å². The van der Waals surface area contributed by atoms with E-state index < -0.39 is 5.97 Å². The Bertz CT molecular complexity index is 429. The second-order valence-corrected chi connectivity index (χ2v) is 5.25. The van der Waals surface area contributed by atoms with Gasteiger partial charge in [0.2, 0.25) is 0 Å². The molecule has 1 aliphatic rings. The van der Waals surface area contributed by atoms with Gasteiger partial charge in [0.25, 0.3) is 0 Å². The number of carboxylic acids is 1. The lowest BCUT2D eigenvalue weighted by Crippen LogP contribution is -2.26. The van der Waals surface area contributed by atoms with Crippen LogP contribution < -0.4 is 4.90 Å². The van der Waals surface area contributed by atoms with Crippen molar-refractivity contribution in [1.82, 2.24) is 0 Å². The van der Waals surface area contributed by atoms with Crippen LogP contribution in [-0.2, 0) is 0 Å². The van der Waals surface area contributed by atoms with Crippen molar-refractivity contribution in [2.45, 2.75) is 32.2 Å². The first-order valence-corrected chi connectivity index (χ1v) is 6.72. The number of halogens is 1. The van der Waals surface area contributed by atoms with E-state index in [0.717, 1.165) is 23.1 Å². The molecule has 0 amide bonds. The maximum atomic E-state index is 10.9. The van der Waals surface area contributed by atoms with E-state index in [4.69, 9.17) is 5.11 Å². The van der Waals surface area contributed by atoms with E-state index in [2.05, 4.69) is 27.8 Å². The molecule has 1 aromatic carbocycles. The van der Waals surface area contributed by atoms with Crippen LogP contribution in [0, 0.1) is 0 Å². The molecule has 4 heteroatoms. The SMILES string of the molecule is CCCN(c1ccc(C(=O)O)cc1Br)C1CC1. The number of hydrogen-bond donors (Lipinski definition) is 1. The molecule has 92 valence electrons. The second kappa shape index (κ2) is 5.08. The molecule has 0 radical (unpaired) electrons. The van der Waals surface area contributed by atoms with Crippen LogP contribution in [-0.4, -0.2) is 23.7 Å². The Balaban J connectivity index is 2.27. The molecule has 0 aliphatic heterocycles. The average molecular weight is 298 g/mol. The number of carbonyl (C=O) groups is 1. The van der Waals surface area contributed by atoms with Crippen molar-refractivity contribution in [2.24, 2.45) is 0 Å². The maximum Gasteiger partial charge on any atom is 0.335 e. The van der Waals surface area contributed by atoms with E-state index in [1.807, 2.05) is 6.07 Å². The summed E-state index contributed by atoms with van der Waals surface area (Å²) in [6.45, 7) is 3.19. The first-order chi connectivity index (χ1) is 8.13. The standard InChI is InChI=1S/C13H16BrNO2/c1-2-7-15(10-4-5-10)12-6-3-9(13(16)17)8-11(12)14/h3,6,8,10H,2,4-5,7H2,1H3,(H,16,17). The van der Waals surface area contributed by atoms with Gasteiger partial charge in [0, 0.05) is 17.1 Å². The molecule has 0 spiro atoms. The summed E-state index contributed by atoms with van der Waals surface area (Å²) in [5, 5.41) is 8.93. The molecule has 1 aliphatic carbocycles. The predicted octanol–water partition coefficient (Wildman–Crippen LogP) is 3.53. The Labute approximate surface area is 110 Å². The lowest BCUT2D eigenvalue weighted by atomic mass is 10.2. The Morgan fingerprint density at radius 1 is 1.53 bits per heavy atom. The van der Waals surface area contributed by atoms with Crippen molar-refractivity contribution < 1.29 is 9.90 Å². The third-order valence-electron chi connectivity index (χ3n) is 2.96. The molecule has 0 saturated heterocycles. The fourth-order valence-corrected chi connectivity index (χ4v) is 2.61. The third-order valence-corrected chi connectivity index (χ3v) is 3.59. The van der Waals surface area contributed by atoms with Gasteiger partial charge in [-0.3, -0.25) is 0 Å². The van der Waals surface area contributed by atoms with Gasteiger partial charge < -0.3 is 10.0 Å². The predicted molar refractivity (Wildman–Crippen MR) is 71.8 cm³/mol. The van der Waals surface area contributed by atoms with Crippen molar-refractivity contribution in [3.8, 4) is 0 Å². The number of hydrogen-bond acceptors (Lipinski definition) is 2. The van der Waals surface area contributed by atoms with Crippen LogP contribution in [0.3, 0.4) is 0 Å². The van der Waals surface area contributed by atoms with Crippen LogP contribution in [0.4, 0.5) is 5.69 Å². The lowest BCUT2D eigenvalue weighted by Gasteiger charge is -2.25. The zero-order valence-electron chi connectivity index (χ0n) is 9.82. The molecule has 1 aromatic rings. The quantitative estimate of drug-likeness (QED) is 0.904. The van der Waals surface area contributed by atoms with Gasteiger partial charge >= 0.3 is 5.97 Å². The monoisotopic (exact) mass is 297 g/mol. The molecule has 0 heterocycles. The summed E-state index contributed by atoms with van der Waals surface area (Å²) in [6, 6.07) is 5.90. The summed E-state index contributed by atoms with van der Waals surface area (Å²) in [5.41, 5.74) is 1.44. The highest BCUT2D eigenvalue weighted by Gasteiger charge is 2.29. The highest BCUT2D eigenvalue weighted by Crippen LogP contribution is 2.36. The van der Waals surface area contributed by atoms with Crippen molar-refractivity contribution in [3.05, 3.63) is 28.2 Å². The van der Waals surface area contributed by atoms with Crippen LogP contribution in [0.15, 0.2) is 22.7 Å². The van der Waals surface area contributed by atoms with Gasteiger partial charge in [-0.05, 0) is 53.4 Å². The fourth-order valence-electron chi connectivity index (χ4n) is 2.00. The van der Waals surface area contributed by atoms with E-state index >= 15 is 0 Å². The Kier molecular flexibility index (Phi) is 3.72. The molecule has 0 bridgehead atoms. The summed E-state index contributed by atoms with van der Waals surface area (Å²) >= 11 is 3.48. The van der Waals surface area contributed by atoms with Gasteiger partial charge in [-0.25, -0.2) is 4.79 Å². The lowest BCUT2D eigenvalue weighted by molar-refractivity contribution is 0.0697. The molecule has 2 rings (SSSR count). The number of anilines is 1. The van der Waals surface area contributed by atoms with E-state index in [9.17, 15) is 4.79 Å². The fraction of sp³-hybridized carbons (Fsp3) is 0.462. The van der Waals surface area contributed by atoms with Crippen LogP contribution in [0.25, 0.3) is 0 Å². The van der Waals surface area contributed by atoms with E-state index in [-0.39, 0.29) is 0 Å². The number of carboxylic acid groups (broad SMARTS) is 1. The molecule has 1 N–H and O–H groups in total. The van der Waals surface area contributed by atoms with Crippen LogP contribution in [0.5, 0.6) is 0 Å². The molecule has 3 nitrogen and oxygen atoms in total. The molecule has 0 unspecified atom stereocenters. The summed E-state index contributed by atoms with van der Waals surface area (Å²) in [5.74, 6) is -0.884. The van der Waals surface area contributed by atoms with Gasteiger partial charge in [0.1, 0.15) is 0 Å². The largest absolute Gasteiger partial charge is 0.478 e. The first-order valence-electron chi connectivity index (χ1n) is 5.93. The van der Waals surface area contributed by atoms with Gasteiger partial charge in [-0.15, -0.1) is 0 Å². The summed E-state index contributed by atoms with van der Waals surface area (Å²) in [6.07, 6.45) is 3.59. The van der Waals surface area contributed by atoms with Crippen molar-refractivity contribution in [2.75, 3.05) is 11.4 Å². The Hall–Kier alpha value is -1.03. The topological polar surface area (TPSA) is 40.5 Å². The number of aromatic carboxylic acids is 1. The van der Waals surface area contributed by atoms with E-state index in [1.165, 1.54) is 12.8 Å². The van der Waals surface area contributed by atoms with Gasteiger partial charge in [-0.1, -0.05) is 6.92 Å². The molecule has 1 fully saturated rings. The minimum absolute atomic E-state index is 0.327. The van der Waals surface area contributed by atoms with Gasteiger partial charge in [0.15, 0.2) is 0 Å². The second-order valence-electron chi connectivity index (χ2n) is 4.40. The van der Waals surface area contributed by atoms with Crippen molar-refractivity contribution in [1.29, 1.82) is 0 Å². The van der Waals surface area contributed by atoms with Crippen molar-refractivity contribution >= 4 is 27.6 Å². The number of benzene rings is 1.